The zero-order valence-corrected chi connectivity index (χ0v) is 33.1. The lowest BCUT2D eigenvalue weighted by molar-refractivity contribution is -0.391. The number of fused-ring (bicyclic) bond motifs is 1. The molecule has 3 heterocycles. The second kappa shape index (κ2) is 17.0. The van der Waals surface area contributed by atoms with Gasteiger partial charge in [-0.2, -0.15) is 0 Å². The van der Waals surface area contributed by atoms with E-state index in [9.17, 15) is 5.11 Å². The summed E-state index contributed by atoms with van der Waals surface area (Å²) in [5.74, 6) is -0.236. The number of aliphatic hydroxyl groups excluding tert-OH is 1. The van der Waals surface area contributed by atoms with Crippen molar-refractivity contribution >= 4 is 8.32 Å². The number of methoxy groups -OCH3 is 1. The minimum absolute atomic E-state index is 0.00800. The normalized spacial score (nSPS) is 29.4. The van der Waals surface area contributed by atoms with E-state index < -0.39 is 69.6 Å². The van der Waals surface area contributed by atoms with Crippen LogP contribution < -0.4 is 4.74 Å². The van der Waals surface area contributed by atoms with E-state index in [4.69, 9.17) is 47.1 Å². The van der Waals surface area contributed by atoms with Crippen molar-refractivity contribution in [1.82, 2.24) is 0 Å². The largest absolute Gasteiger partial charge is 0.497 e. The molecule has 0 spiro atoms. The van der Waals surface area contributed by atoms with Gasteiger partial charge in [0.05, 0.1) is 33.5 Å². The quantitative estimate of drug-likeness (QED) is 0.137. The molecule has 12 heteroatoms. The third-order valence-corrected chi connectivity index (χ3v) is 14.9. The van der Waals surface area contributed by atoms with E-state index in [2.05, 4.69) is 33.9 Å². The van der Waals surface area contributed by atoms with Crippen LogP contribution in [0.2, 0.25) is 18.1 Å². The standard InChI is InChI=1S/C41H56O11Si/c1-40(2,3)53(7,8)47-26-32-34(52-41(4,5)51-32)37(42)50-39-36(45-24-28-19-21-30(43-6)22-20-28)35(44-23-27-15-11-9-12-16-27)33-31(48-39)25-46-38(49-33)29-17-13-10-14-18-29/h9-22,31-39,42H,23-26H2,1-8H3/t31-,32-,33-,34+,35+,36+,37?,38?,39+/m1/s1. The Hall–Kier alpha value is -2.72. The van der Waals surface area contributed by atoms with Crippen LogP contribution in [0.15, 0.2) is 84.9 Å². The van der Waals surface area contributed by atoms with Gasteiger partial charge < -0.3 is 52.2 Å². The van der Waals surface area contributed by atoms with Crippen molar-refractivity contribution in [2.75, 3.05) is 20.3 Å². The Labute approximate surface area is 314 Å². The minimum atomic E-state index is -2.14. The van der Waals surface area contributed by atoms with Gasteiger partial charge in [-0.05, 0) is 55.2 Å². The highest BCUT2D eigenvalue weighted by molar-refractivity contribution is 6.74. The number of benzene rings is 3. The molecule has 6 rings (SSSR count). The molecule has 3 fully saturated rings. The topological polar surface area (TPSA) is 113 Å². The van der Waals surface area contributed by atoms with E-state index in [-0.39, 0.29) is 31.5 Å². The molecule has 3 aliphatic rings. The summed E-state index contributed by atoms with van der Waals surface area (Å²) in [5.41, 5.74) is 2.77. The van der Waals surface area contributed by atoms with Gasteiger partial charge in [0.2, 0.25) is 0 Å². The van der Waals surface area contributed by atoms with Crippen molar-refractivity contribution in [2.24, 2.45) is 0 Å². The van der Waals surface area contributed by atoms with E-state index in [1.54, 1.807) is 7.11 Å². The van der Waals surface area contributed by atoms with Gasteiger partial charge in [0, 0.05) is 5.56 Å². The highest BCUT2D eigenvalue weighted by Crippen LogP contribution is 2.40. The first-order chi connectivity index (χ1) is 25.2. The molecular formula is C41H56O11Si. The van der Waals surface area contributed by atoms with Crippen LogP contribution in [0.5, 0.6) is 5.75 Å². The lowest BCUT2D eigenvalue weighted by Crippen LogP contribution is -2.64. The second-order valence-electron chi connectivity index (χ2n) is 15.8. The summed E-state index contributed by atoms with van der Waals surface area (Å²) in [4.78, 5) is 0. The van der Waals surface area contributed by atoms with Gasteiger partial charge in [-0.1, -0.05) is 93.6 Å². The Kier molecular flexibility index (Phi) is 12.8. The third kappa shape index (κ3) is 9.94. The Balaban J connectivity index is 1.27. The van der Waals surface area contributed by atoms with Gasteiger partial charge >= 0.3 is 0 Å². The van der Waals surface area contributed by atoms with Crippen molar-refractivity contribution < 1.29 is 52.2 Å². The van der Waals surface area contributed by atoms with Crippen LogP contribution in [0.25, 0.3) is 0 Å². The summed E-state index contributed by atoms with van der Waals surface area (Å²) in [7, 11) is -0.508. The maximum atomic E-state index is 11.8. The molecule has 3 aromatic carbocycles. The van der Waals surface area contributed by atoms with Crippen LogP contribution in [0.4, 0.5) is 0 Å². The molecule has 3 aliphatic heterocycles. The molecule has 11 nitrogen and oxygen atoms in total. The molecule has 290 valence electrons. The fraction of sp³-hybridized carbons (Fsp3) is 0.561. The fourth-order valence-electron chi connectivity index (χ4n) is 6.44. The van der Waals surface area contributed by atoms with Crippen molar-refractivity contribution in [3.8, 4) is 5.75 Å². The van der Waals surface area contributed by atoms with Crippen LogP contribution in [0.3, 0.4) is 0 Å². The maximum absolute atomic E-state index is 11.8. The van der Waals surface area contributed by atoms with Crippen molar-refractivity contribution in [3.63, 3.8) is 0 Å². The van der Waals surface area contributed by atoms with Crippen molar-refractivity contribution in [3.05, 3.63) is 102 Å². The minimum Gasteiger partial charge on any atom is -0.497 e. The van der Waals surface area contributed by atoms with Crippen LogP contribution in [0, 0.1) is 0 Å². The van der Waals surface area contributed by atoms with Gasteiger partial charge in [-0.15, -0.1) is 0 Å². The smallest absolute Gasteiger partial charge is 0.192 e. The van der Waals surface area contributed by atoms with E-state index in [0.717, 1.165) is 22.4 Å². The molecule has 3 aromatic rings. The monoisotopic (exact) mass is 752 g/mol. The fourth-order valence-corrected chi connectivity index (χ4v) is 7.45. The predicted molar refractivity (Wildman–Crippen MR) is 199 cm³/mol. The zero-order valence-electron chi connectivity index (χ0n) is 32.1. The summed E-state index contributed by atoms with van der Waals surface area (Å²) in [6.45, 7) is 15.5. The van der Waals surface area contributed by atoms with Crippen LogP contribution in [-0.4, -0.2) is 88.7 Å². The molecule has 1 N–H and O–H groups in total. The van der Waals surface area contributed by atoms with Gasteiger partial charge in [-0.25, -0.2) is 0 Å². The van der Waals surface area contributed by atoms with E-state index >= 15 is 0 Å². The third-order valence-electron chi connectivity index (χ3n) is 10.4. The highest BCUT2D eigenvalue weighted by atomic mass is 28.4. The lowest BCUT2D eigenvalue weighted by Gasteiger charge is -2.49. The highest BCUT2D eigenvalue weighted by Gasteiger charge is 2.54. The first-order valence-corrected chi connectivity index (χ1v) is 21.3. The molecule has 0 aromatic heterocycles. The van der Waals surface area contributed by atoms with Crippen LogP contribution in [-0.2, 0) is 55.5 Å². The van der Waals surface area contributed by atoms with Gasteiger partial charge in [0.1, 0.15) is 42.4 Å². The van der Waals surface area contributed by atoms with E-state index in [1.165, 1.54) is 0 Å². The van der Waals surface area contributed by atoms with Gasteiger partial charge in [-0.3, -0.25) is 0 Å². The Morgan fingerprint density at radius 1 is 0.830 bits per heavy atom. The van der Waals surface area contributed by atoms with Crippen LogP contribution >= 0.6 is 0 Å². The maximum Gasteiger partial charge on any atom is 0.192 e. The van der Waals surface area contributed by atoms with Gasteiger partial charge in [0.25, 0.3) is 0 Å². The first kappa shape index (κ1) is 40.0. The predicted octanol–water partition coefficient (Wildman–Crippen LogP) is 6.88. The van der Waals surface area contributed by atoms with E-state index in [1.807, 2.05) is 98.8 Å². The molecule has 3 saturated heterocycles. The summed E-state index contributed by atoms with van der Waals surface area (Å²) in [5, 5.41) is 11.8. The van der Waals surface area contributed by atoms with E-state index in [0.29, 0.717) is 0 Å². The molecule has 0 bridgehead atoms. The number of ether oxygens (including phenoxy) is 9. The molecule has 9 atom stereocenters. The zero-order chi connectivity index (χ0) is 37.8. The summed E-state index contributed by atoms with van der Waals surface area (Å²) >= 11 is 0. The average Bonchev–Trinajstić information content (AvgIpc) is 3.47. The summed E-state index contributed by atoms with van der Waals surface area (Å²) in [6.07, 6.45) is -7.38. The van der Waals surface area contributed by atoms with Crippen molar-refractivity contribution in [2.45, 2.75) is 127 Å². The molecule has 2 unspecified atom stereocenters. The lowest BCUT2D eigenvalue weighted by atomic mass is 9.97. The van der Waals surface area contributed by atoms with Crippen LogP contribution in [0.1, 0.15) is 57.6 Å². The second-order valence-corrected chi connectivity index (χ2v) is 20.7. The summed E-state index contributed by atoms with van der Waals surface area (Å²) < 4.78 is 63.6. The molecule has 0 radical (unpaired) electrons. The number of hydrogen-bond donors (Lipinski definition) is 1. The molecule has 0 amide bonds. The Morgan fingerprint density at radius 2 is 1.45 bits per heavy atom. The first-order valence-electron chi connectivity index (χ1n) is 18.4. The SMILES string of the molecule is COc1ccc(CO[C@@H]2[C@H](OC(O)[C@H]3OC(C)(C)O[C@@H]3CO[Si](C)(C)C(C)(C)C)O[C@@H]3COC(c4ccccc4)O[C@H]3[C@@H]2OCc2ccccc2)cc1. The number of hydrogen-bond acceptors (Lipinski definition) is 11. The molecule has 0 aliphatic carbocycles. The summed E-state index contributed by atoms with van der Waals surface area (Å²) in [6, 6.07) is 27.3. The van der Waals surface area contributed by atoms with Crippen molar-refractivity contribution in [1.29, 1.82) is 0 Å². The molecule has 53 heavy (non-hydrogen) atoms. The number of aliphatic hydroxyl groups is 1. The van der Waals surface area contributed by atoms with Gasteiger partial charge in [0.15, 0.2) is 33.0 Å². The average molecular weight is 753 g/mol. The molecule has 0 saturated carbocycles. The molecular weight excluding hydrogens is 697 g/mol. The Morgan fingerprint density at radius 3 is 2.09 bits per heavy atom. The number of rotatable bonds is 14. The Bertz CT molecular complexity index is 1570.